The van der Waals surface area contributed by atoms with E-state index in [1.54, 1.807) is 12.3 Å². The summed E-state index contributed by atoms with van der Waals surface area (Å²) >= 11 is 0. The van der Waals surface area contributed by atoms with Crippen molar-refractivity contribution < 1.29 is 9.47 Å². The number of fused-ring (bicyclic) bond motifs is 1. The molecule has 0 fully saturated rings. The van der Waals surface area contributed by atoms with Gasteiger partial charge in [0.05, 0.1) is 6.20 Å². The Morgan fingerprint density at radius 2 is 2.20 bits per heavy atom. The van der Waals surface area contributed by atoms with Gasteiger partial charge >= 0.3 is 0 Å². The van der Waals surface area contributed by atoms with Crippen LogP contribution in [0.15, 0.2) is 12.3 Å². The van der Waals surface area contributed by atoms with E-state index in [1.807, 2.05) is 0 Å². The fourth-order valence-electron chi connectivity index (χ4n) is 0.817. The van der Waals surface area contributed by atoms with E-state index in [-0.39, 0.29) is 6.79 Å². The topological polar surface area (TPSA) is 57.4 Å². The lowest BCUT2D eigenvalue weighted by Crippen LogP contribution is -1.92. The zero-order chi connectivity index (χ0) is 6.97. The minimum atomic E-state index is 0.264. The molecule has 4 nitrogen and oxygen atoms in total. The molecular weight excluding hydrogens is 132 g/mol. The third-order valence-corrected chi connectivity index (χ3v) is 1.28. The average Bonchev–Trinajstić information content (AvgIpc) is 2.33. The van der Waals surface area contributed by atoms with E-state index in [1.165, 1.54) is 0 Å². The second-order valence-electron chi connectivity index (χ2n) is 1.96. The van der Waals surface area contributed by atoms with Crippen LogP contribution in [-0.2, 0) is 0 Å². The van der Waals surface area contributed by atoms with Gasteiger partial charge in [-0.1, -0.05) is 0 Å². The van der Waals surface area contributed by atoms with Crippen LogP contribution in [0.5, 0.6) is 11.5 Å². The van der Waals surface area contributed by atoms with Gasteiger partial charge in [-0.15, -0.1) is 0 Å². The normalized spacial score (nSPS) is 13.6. The number of hydrogen-bond donors (Lipinski definition) is 1. The minimum absolute atomic E-state index is 0.264. The van der Waals surface area contributed by atoms with Crippen molar-refractivity contribution in [1.82, 2.24) is 4.98 Å². The maximum absolute atomic E-state index is 5.38. The molecule has 0 unspecified atom stereocenters. The largest absolute Gasteiger partial charge is 0.453 e. The Bertz CT molecular complexity index is 262. The van der Waals surface area contributed by atoms with Gasteiger partial charge in [-0.25, -0.2) is 4.98 Å². The third-order valence-electron chi connectivity index (χ3n) is 1.28. The molecule has 0 atom stereocenters. The van der Waals surface area contributed by atoms with E-state index in [4.69, 9.17) is 15.2 Å². The highest BCUT2D eigenvalue weighted by Gasteiger charge is 2.12. The summed E-state index contributed by atoms with van der Waals surface area (Å²) < 4.78 is 10.1. The first-order chi connectivity index (χ1) is 4.86. The highest BCUT2D eigenvalue weighted by Crippen LogP contribution is 2.31. The SMILES string of the molecule is Nc1cc2c(cn1)OCO2. The summed E-state index contributed by atoms with van der Waals surface area (Å²) in [6.45, 7) is 0.264. The first-order valence-electron chi connectivity index (χ1n) is 2.87. The highest BCUT2D eigenvalue weighted by atomic mass is 16.7. The molecule has 0 saturated heterocycles. The lowest BCUT2D eigenvalue weighted by molar-refractivity contribution is 0.174. The maximum Gasteiger partial charge on any atom is 0.231 e. The Morgan fingerprint density at radius 1 is 1.40 bits per heavy atom. The number of ether oxygens (including phenoxy) is 2. The quantitative estimate of drug-likeness (QED) is 0.563. The van der Waals surface area contributed by atoms with Gasteiger partial charge in [-0.05, 0) is 0 Å². The van der Waals surface area contributed by atoms with Crippen LogP contribution in [0.2, 0.25) is 0 Å². The summed E-state index contributed by atoms with van der Waals surface area (Å²) in [5, 5.41) is 0. The molecule has 2 heterocycles. The van der Waals surface area contributed by atoms with Crippen LogP contribution in [0.3, 0.4) is 0 Å². The molecule has 2 N–H and O–H groups in total. The number of anilines is 1. The molecular formula is C6H6N2O2. The van der Waals surface area contributed by atoms with Gasteiger partial charge in [0.2, 0.25) is 6.79 Å². The van der Waals surface area contributed by atoms with E-state index >= 15 is 0 Å². The first-order valence-corrected chi connectivity index (χ1v) is 2.87. The van der Waals surface area contributed by atoms with Gasteiger partial charge in [0, 0.05) is 6.07 Å². The van der Waals surface area contributed by atoms with Crippen molar-refractivity contribution in [3.8, 4) is 11.5 Å². The first kappa shape index (κ1) is 5.34. The number of rotatable bonds is 0. The summed E-state index contributed by atoms with van der Waals surface area (Å²) in [5.74, 6) is 1.78. The van der Waals surface area contributed by atoms with Crippen LogP contribution < -0.4 is 15.2 Å². The summed E-state index contributed by atoms with van der Waals surface area (Å²) in [7, 11) is 0. The van der Waals surface area contributed by atoms with Crippen LogP contribution in [-0.4, -0.2) is 11.8 Å². The molecule has 0 spiro atoms. The standard InChI is InChI=1S/C6H6N2O2/c7-6-1-4-5(2-8-6)10-3-9-4/h1-2H,3H2,(H2,7,8). The van der Waals surface area contributed by atoms with E-state index in [9.17, 15) is 0 Å². The van der Waals surface area contributed by atoms with Crippen molar-refractivity contribution >= 4 is 5.82 Å². The second kappa shape index (κ2) is 1.76. The van der Waals surface area contributed by atoms with Crippen molar-refractivity contribution in [3.05, 3.63) is 12.3 Å². The monoisotopic (exact) mass is 138 g/mol. The van der Waals surface area contributed by atoms with Crippen LogP contribution in [0, 0.1) is 0 Å². The number of pyridine rings is 1. The third kappa shape index (κ3) is 0.655. The Hall–Kier alpha value is -1.45. The molecule has 1 aliphatic heterocycles. The molecule has 0 radical (unpaired) electrons. The Kier molecular flexibility index (Phi) is 0.943. The van der Waals surface area contributed by atoms with Crippen molar-refractivity contribution in [2.75, 3.05) is 12.5 Å². The van der Waals surface area contributed by atoms with Crippen LogP contribution in [0.4, 0.5) is 5.82 Å². The number of nitrogens with zero attached hydrogens (tertiary/aromatic N) is 1. The molecule has 0 saturated carbocycles. The van der Waals surface area contributed by atoms with Gasteiger partial charge in [0.1, 0.15) is 5.82 Å². The summed E-state index contributed by atoms with van der Waals surface area (Å²) in [6.07, 6.45) is 1.55. The van der Waals surface area contributed by atoms with E-state index in [2.05, 4.69) is 4.98 Å². The molecule has 0 amide bonds. The number of hydrogen-bond acceptors (Lipinski definition) is 4. The lowest BCUT2D eigenvalue weighted by atomic mass is 10.4. The maximum atomic E-state index is 5.38. The van der Waals surface area contributed by atoms with Crippen molar-refractivity contribution in [2.24, 2.45) is 0 Å². The second-order valence-corrected chi connectivity index (χ2v) is 1.96. The molecule has 10 heavy (non-hydrogen) atoms. The average molecular weight is 138 g/mol. The smallest absolute Gasteiger partial charge is 0.231 e. The van der Waals surface area contributed by atoms with Gasteiger partial charge in [0.25, 0.3) is 0 Å². The Labute approximate surface area is 57.6 Å². The Balaban J connectivity index is 2.52. The van der Waals surface area contributed by atoms with Crippen LogP contribution in [0.25, 0.3) is 0 Å². The number of aromatic nitrogens is 1. The predicted molar refractivity (Wildman–Crippen MR) is 34.8 cm³/mol. The van der Waals surface area contributed by atoms with Crippen molar-refractivity contribution in [1.29, 1.82) is 0 Å². The Morgan fingerprint density at radius 3 is 3.10 bits per heavy atom. The van der Waals surface area contributed by atoms with Gasteiger partial charge in [-0.2, -0.15) is 0 Å². The van der Waals surface area contributed by atoms with Gasteiger partial charge in [-0.3, -0.25) is 0 Å². The predicted octanol–water partition coefficient (Wildman–Crippen LogP) is 0.392. The fourth-order valence-corrected chi connectivity index (χ4v) is 0.817. The van der Waals surface area contributed by atoms with Gasteiger partial charge in [0.15, 0.2) is 11.5 Å². The molecule has 1 aromatic heterocycles. The number of nitrogen functional groups attached to an aromatic ring is 1. The van der Waals surface area contributed by atoms with E-state index in [0.717, 1.165) is 0 Å². The summed E-state index contributed by atoms with van der Waals surface area (Å²) in [6, 6.07) is 1.64. The van der Waals surface area contributed by atoms with Crippen LogP contribution in [0.1, 0.15) is 0 Å². The van der Waals surface area contributed by atoms with E-state index < -0.39 is 0 Å². The zero-order valence-corrected chi connectivity index (χ0v) is 5.20. The molecule has 1 aliphatic rings. The molecule has 52 valence electrons. The molecule has 1 aromatic rings. The molecule has 0 aliphatic carbocycles. The minimum Gasteiger partial charge on any atom is -0.453 e. The number of nitrogens with two attached hydrogens (primary N) is 1. The molecule has 2 rings (SSSR count). The summed E-state index contributed by atoms with van der Waals surface area (Å²) in [4.78, 5) is 3.82. The zero-order valence-electron chi connectivity index (χ0n) is 5.20. The van der Waals surface area contributed by atoms with Crippen LogP contribution >= 0.6 is 0 Å². The lowest BCUT2D eigenvalue weighted by Gasteiger charge is -1.93. The molecule has 4 heteroatoms. The fraction of sp³-hybridized carbons (Fsp3) is 0.167. The van der Waals surface area contributed by atoms with Crippen molar-refractivity contribution in [2.45, 2.75) is 0 Å². The highest BCUT2D eigenvalue weighted by molar-refractivity contribution is 5.47. The van der Waals surface area contributed by atoms with E-state index in [0.29, 0.717) is 17.3 Å². The van der Waals surface area contributed by atoms with Gasteiger partial charge < -0.3 is 15.2 Å². The van der Waals surface area contributed by atoms with Crippen molar-refractivity contribution in [3.63, 3.8) is 0 Å². The molecule has 0 bridgehead atoms. The molecule has 0 aromatic carbocycles. The summed E-state index contributed by atoms with van der Waals surface area (Å²) in [5.41, 5.74) is 5.38.